The minimum Gasteiger partial charge on any atom is -0.497 e. The number of hydrogen-bond donors (Lipinski definition) is 1. The van der Waals surface area contributed by atoms with Gasteiger partial charge >= 0.3 is 0 Å². The van der Waals surface area contributed by atoms with Crippen LogP contribution in [0.1, 0.15) is 32.4 Å². The average molecular weight is 211 g/mol. The Hall–Kier alpha value is -1.09. The Morgan fingerprint density at radius 1 is 1.33 bits per heavy atom. The van der Waals surface area contributed by atoms with Crippen molar-refractivity contribution in [3.8, 4) is 5.75 Å². The number of hydrogen-bond acceptors (Lipinski definition) is 2. The normalized spacial score (nSPS) is 13.7. The molecule has 3 heteroatoms. The van der Waals surface area contributed by atoms with Gasteiger partial charge in [0.25, 0.3) is 0 Å². The lowest BCUT2D eigenvalue weighted by Crippen LogP contribution is -2.27. The fourth-order valence-corrected chi connectivity index (χ4v) is 1.35. The third-order valence-electron chi connectivity index (χ3n) is 2.48. The molecule has 0 fully saturated rings. The third-order valence-corrected chi connectivity index (χ3v) is 2.48. The van der Waals surface area contributed by atoms with Crippen LogP contribution in [0.4, 0.5) is 4.39 Å². The lowest BCUT2D eigenvalue weighted by Gasteiger charge is -2.27. The zero-order chi connectivity index (χ0) is 11.6. The molecular weight excluding hydrogens is 193 g/mol. The van der Waals surface area contributed by atoms with E-state index in [9.17, 15) is 4.39 Å². The molecule has 1 aromatic carbocycles. The number of nitrogens with two attached hydrogens (primary N) is 1. The molecule has 0 saturated heterocycles. The largest absolute Gasteiger partial charge is 0.497 e. The average Bonchev–Trinajstić information content (AvgIpc) is 2.15. The molecule has 1 rings (SSSR count). The molecule has 0 saturated carbocycles. The SMILES string of the molecule is COc1ccc([C@H](N)C(C)(C)C)c(F)c1. The number of benzene rings is 1. The lowest BCUT2D eigenvalue weighted by molar-refractivity contribution is 0.318. The van der Waals surface area contributed by atoms with Crippen molar-refractivity contribution in [3.05, 3.63) is 29.6 Å². The minimum absolute atomic E-state index is 0.157. The van der Waals surface area contributed by atoms with E-state index in [-0.39, 0.29) is 17.3 Å². The predicted octanol–water partition coefficient (Wildman–Crippen LogP) is 2.88. The zero-order valence-corrected chi connectivity index (χ0v) is 9.67. The first-order valence-electron chi connectivity index (χ1n) is 4.95. The quantitative estimate of drug-likeness (QED) is 0.816. The second-order valence-electron chi connectivity index (χ2n) is 4.73. The van der Waals surface area contributed by atoms with Gasteiger partial charge in [0.1, 0.15) is 11.6 Å². The van der Waals surface area contributed by atoms with E-state index in [0.29, 0.717) is 11.3 Å². The van der Waals surface area contributed by atoms with Crippen molar-refractivity contribution >= 4 is 0 Å². The molecule has 15 heavy (non-hydrogen) atoms. The second-order valence-corrected chi connectivity index (χ2v) is 4.73. The lowest BCUT2D eigenvalue weighted by atomic mass is 9.83. The maximum absolute atomic E-state index is 13.7. The summed E-state index contributed by atoms with van der Waals surface area (Å²) in [6.07, 6.45) is 0. The molecule has 2 nitrogen and oxygen atoms in total. The molecule has 0 aliphatic heterocycles. The number of rotatable bonds is 2. The standard InChI is InChI=1S/C12H18FNO/c1-12(2,3)11(14)9-6-5-8(15-4)7-10(9)13/h5-7,11H,14H2,1-4H3/t11-/m0/s1. The van der Waals surface area contributed by atoms with Crippen molar-refractivity contribution < 1.29 is 9.13 Å². The Labute approximate surface area is 90.2 Å². The van der Waals surface area contributed by atoms with Crippen LogP contribution in [0.3, 0.4) is 0 Å². The summed E-state index contributed by atoms with van der Waals surface area (Å²) in [7, 11) is 1.51. The van der Waals surface area contributed by atoms with Gasteiger partial charge in [-0.25, -0.2) is 4.39 Å². The minimum atomic E-state index is -0.316. The number of ether oxygens (including phenoxy) is 1. The zero-order valence-electron chi connectivity index (χ0n) is 9.67. The summed E-state index contributed by atoms with van der Waals surface area (Å²) in [6.45, 7) is 5.96. The Morgan fingerprint density at radius 3 is 2.33 bits per heavy atom. The van der Waals surface area contributed by atoms with Crippen LogP contribution in [0.5, 0.6) is 5.75 Å². The predicted molar refractivity (Wildman–Crippen MR) is 59.3 cm³/mol. The second kappa shape index (κ2) is 4.19. The highest BCUT2D eigenvalue weighted by molar-refractivity contribution is 5.31. The van der Waals surface area contributed by atoms with Gasteiger partial charge in [0.2, 0.25) is 0 Å². The van der Waals surface area contributed by atoms with Crippen LogP contribution >= 0.6 is 0 Å². The highest BCUT2D eigenvalue weighted by atomic mass is 19.1. The van der Waals surface area contributed by atoms with Gasteiger partial charge in [-0.05, 0) is 11.5 Å². The van der Waals surface area contributed by atoms with E-state index in [1.165, 1.54) is 13.2 Å². The van der Waals surface area contributed by atoms with Crippen LogP contribution in [0.25, 0.3) is 0 Å². The molecule has 0 radical (unpaired) electrons. The van der Waals surface area contributed by atoms with Gasteiger partial charge in [-0.3, -0.25) is 0 Å². The fraction of sp³-hybridized carbons (Fsp3) is 0.500. The molecule has 1 aromatic rings. The van der Waals surface area contributed by atoms with Gasteiger partial charge in [-0.15, -0.1) is 0 Å². The molecule has 0 spiro atoms. The van der Waals surface area contributed by atoms with E-state index < -0.39 is 0 Å². The number of methoxy groups -OCH3 is 1. The summed E-state index contributed by atoms with van der Waals surface area (Å²) < 4.78 is 18.6. The van der Waals surface area contributed by atoms with Crippen LogP contribution in [0.15, 0.2) is 18.2 Å². The van der Waals surface area contributed by atoms with Gasteiger partial charge < -0.3 is 10.5 Å². The summed E-state index contributed by atoms with van der Waals surface area (Å²) >= 11 is 0. The molecule has 0 heterocycles. The maximum atomic E-state index is 13.7. The van der Waals surface area contributed by atoms with Gasteiger partial charge in [0, 0.05) is 17.7 Å². The summed E-state index contributed by atoms with van der Waals surface area (Å²) in [5.41, 5.74) is 6.36. The molecule has 0 aliphatic rings. The molecule has 2 N–H and O–H groups in total. The monoisotopic (exact) mass is 211 g/mol. The highest BCUT2D eigenvalue weighted by Crippen LogP contribution is 2.32. The van der Waals surface area contributed by atoms with Gasteiger partial charge in [-0.2, -0.15) is 0 Å². The summed E-state index contributed by atoms with van der Waals surface area (Å²) in [6, 6.07) is 4.46. The van der Waals surface area contributed by atoms with Crippen LogP contribution in [0.2, 0.25) is 0 Å². The molecule has 1 atom stereocenters. The van der Waals surface area contributed by atoms with Gasteiger partial charge in [0.05, 0.1) is 7.11 Å². The molecule has 0 bridgehead atoms. The van der Waals surface area contributed by atoms with E-state index in [2.05, 4.69) is 0 Å². The topological polar surface area (TPSA) is 35.2 Å². The van der Waals surface area contributed by atoms with E-state index in [4.69, 9.17) is 10.5 Å². The van der Waals surface area contributed by atoms with E-state index in [0.717, 1.165) is 0 Å². The van der Waals surface area contributed by atoms with Gasteiger partial charge in [0.15, 0.2) is 0 Å². The Bertz CT molecular complexity index is 344. The van der Waals surface area contributed by atoms with Crippen molar-refractivity contribution in [2.45, 2.75) is 26.8 Å². The molecule has 0 aliphatic carbocycles. The smallest absolute Gasteiger partial charge is 0.131 e. The molecule has 0 amide bonds. The van der Waals surface area contributed by atoms with E-state index >= 15 is 0 Å². The van der Waals surface area contributed by atoms with Crippen molar-refractivity contribution in [3.63, 3.8) is 0 Å². The van der Waals surface area contributed by atoms with Crippen LogP contribution < -0.4 is 10.5 Å². The summed E-state index contributed by atoms with van der Waals surface area (Å²) in [5.74, 6) is 0.203. The molecular formula is C12H18FNO. The Kier molecular flexibility index (Phi) is 3.35. The first-order chi connectivity index (χ1) is 6.86. The molecule has 0 unspecified atom stereocenters. The fourth-order valence-electron chi connectivity index (χ4n) is 1.35. The van der Waals surface area contributed by atoms with Crippen LogP contribution in [0, 0.1) is 11.2 Å². The van der Waals surface area contributed by atoms with E-state index in [1.54, 1.807) is 12.1 Å². The Morgan fingerprint density at radius 2 is 1.93 bits per heavy atom. The number of halogens is 1. The van der Waals surface area contributed by atoms with Crippen LogP contribution in [-0.4, -0.2) is 7.11 Å². The van der Waals surface area contributed by atoms with Gasteiger partial charge in [-0.1, -0.05) is 26.8 Å². The first-order valence-corrected chi connectivity index (χ1v) is 4.95. The van der Waals surface area contributed by atoms with Crippen molar-refractivity contribution in [2.75, 3.05) is 7.11 Å². The summed E-state index contributed by atoms with van der Waals surface area (Å²) in [5, 5.41) is 0. The maximum Gasteiger partial charge on any atom is 0.131 e. The Balaban J connectivity index is 3.06. The molecule has 0 aromatic heterocycles. The first kappa shape index (κ1) is 12.0. The van der Waals surface area contributed by atoms with E-state index in [1.807, 2.05) is 20.8 Å². The highest BCUT2D eigenvalue weighted by Gasteiger charge is 2.24. The van der Waals surface area contributed by atoms with Crippen molar-refractivity contribution in [1.82, 2.24) is 0 Å². The van der Waals surface area contributed by atoms with Crippen molar-refractivity contribution in [2.24, 2.45) is 11.1 Å². The van der Waals surface area contributed by atoms with Crippen molar-refractivity contribution in [1.29, 1.82) is 0 Å². The molecule has 84 valence electrons. The summed E-state index contributed by atoms with van der Waals surface area (Å²) in [4.78, 5) is 0. The van der Waals surface area contributed by atoms with Crippen LogP contribution in [-0.2, 0) is 0 Å². The third kappa shape index (κ3) is 2.69.